The van der Waals surface area contributed by atoms with Gasteiger partial charge >= 0.3 is 8.80 Å². The first kappa shape index (κ1) is 19.8. The van der Waals surface area contributed by atoms with Crippen LogP contribution in [0.25, 0.3) is 0 Å². The van der Waals surface area contributed by atoms with E-state index < -0.39 is 8.80 Å². The van der Waals surface area contributed by atoms with Crippen molar-refractivity contribution in [2.75, 3.05) is 27.1 Å². The van der Waals surface area contributed by atoms with E-state index in [1.807, 2.05) is 0 Å². The Balaban J connectivity index is 0. The number of unbranched alkanes of at least 4 members (excludes halogenated alkanes) is 3. The number of thiol groups is 1. The van der Waals surface area contributed by atoms with E-state index >= 15 is 0 Å². The van der Waals surface area contributed by atoms with Crippen LogP contribution in [0.3, 0.4) is 0 Å². The fourth-order valence-electron chi connectivity index (χ4n) is 1.35. The fraction of sp³-hybridized carbons (Fsp3) is 1.00. The molecule has 0 spiro atoms. The van der Waals surface area contributed by atoms with Crippen LogP contribution in [0.2, 0.25) is 6.04 Å². The number of hydrogen-bond acceptors (Lipinski definition) is 4. The molecule has 0 aromatic heterocycles. The lowest BCUT2D eigenvalue weighted by molar-refractivity contribution is 0.123. The van der Waals surface area contributed by atoms with E-state index in [2.05, 4.69) is 26.5 Å². The second-order valence-electron chi connectivity index (χ2n) is 3.83. The molecule has 0 atom stereocenters. The number of hydrogen-bond donors (Lipinski definition) is 1. The second kappa shape index (κ2) is 14.5. The minimum atomic E-state index is -2.29. The topological polar surface area (TPSA) is 27.7 Å². The summed E-state index contributed by atoms with van der Waals surface area (Å²) < 4.78 is 15.6. The molecule has 0 heterocycles. The van der Waals surface area contributed by atoms with Crippen molar-refractivity contribution in [2.45, 2.75) is 52.0 Å². The molecule has 5 heteroatoms. The van der Waals surface area contributed by atoms with E-state index in [0.29, 0.717) is 0 Å². The molecular formula is C12H30O3SSi. The van der Waals surface area contributed by atoms with Crippen LogP contribution in [0.15, 0.2) is 0 Å². The third kappa shape index (κ3) is 11.3. The molecule has 0 aliphatic heterocycles. The van der Waals surface area contributed by atoms with Gasteiger partial charge in [-0.15, -0.1) is 0 Å². The predicted molar refractivity (Wildman–Crippen MR) is 79.9 cm³/mol. The summed E-state index contributed by atoms with van der Waals surface area (Å²) in [6.07, 6.45) is 6.50. The highest BCUT2D eigenvalue weighted by Crippen LogP contribution is 2.14. The van der Waals surface area contributed by atoms with E-state index in [0.717, 1.165) is 18.2 Å². The quantitative estimate of drug-likeness (QED) is 0.396. The Hall–Kier alpha value is 0.447. The van der Waals surface area contributed by atoms with Crippen LogP contribution in [0.5, 0.6) is 0 Å². The molecule has 0 fully saturated rings. The first-order valence-corrected chi connectivity index (χ1v) is 8.99. The summed E-state index contributed by atoms with van der Waals surface area (Å²) in [6, 6.07) is 0.833. The maximum Gasteiger partial charge on any atom is 0.500 e. The summed E-state index contributed by atoms with van der Waals surface area (Å²) in [4.78, 5) is 0. The van der Waals surface area contributed by atoms with Crippen LogP contribution >= 0.6 is 12.6 Å². The minimum Gasteiger partial charge on any atom is -0.377 e. The van der Waals surface area contributed by atoms with Crippen molar-refractivity contribution in [3.63, 3.8) is 0 Å². The Kier molecular flexibility index (Phi) is 16.9. The van der Waals surface area contributed by atoms with Crippen molar-refractivity contribution in [2.24, 2.45) is 0 Å². The summed E-state index contributed by atoms with van der Waals surface area (Å²) in [5.74, 6) is 0.838. The molecule has 0 rings (SSSR count). The fourth-order valence-corrected chi connectivity index (χ4v) is 3.53. The zero-order valence-corrected chi connectivity index (χ0v) is 14.0. The van der Waals surface area contributed by atoms with Gasteiger partial charge in [-0.05, 0) is 12.2 Å². The molecule has 3 nitrogen and oxygen atoms in total. The summed E-state index contributed by atoms with van der Waals surface area (Å²) >= 11 is 4.10. The van der Waals surface area contributed by atoms with E-state index in [9.17, 15) is 0 Å². The Labute approximate surface area is 114 Å². The molecular weight excluding hydrogens is 252 g/mol. The van der Waals surface area contributed by atoms with E-state index in [-0.39, 0.29) is 0 Å². The number of rotatable bonds is 9. The zero-order valence-electron chi connectivity index (χ0n) is 12.1. The van der Waals surface area contributed by atoms with Crippen LogP contribution in [0, 0.1) is 0 Å². The SMILES string of the molecule is CCCCCC.CO[Si](CCCS)(OC)OC. The Morgan fingerprint density at radius 3 is 1.47 bits per heavy atom. The second-order valence-corrected chi connectivity index (χ2v) is 7.37. The van der Waals surface area contributed by atoms with Gasteiger partial charge in [-0.25, -0.2) is 0 Å². The summed E-state index contributed by atoms with van der Waals surface area (Å²) in [7, 11) is 2.58. The van der Waals surface area contributed by atoms with E-state index in [1.165, 1.54) is 25.7 Å². The van der Waals surface area contributed by atoms with Crippen molar-refractivity contribution in [1.29, 1.82) is 0 Å². The van der Waals surface area contributed by atoms with Crippen LogP contribution in [0.4, 0.5) is 0 Å². The van der Waals surface area contributed by atoms with Crippen LogP contribution in [-0.4, -0.2) is 35.9 Å². The lowest BCUT2D eigenvalue weighted by Crippen LogP contribution is -2.42. The van der Waals surface area contributed by atoms with Crippen LogP contribution < -0.4 is 0 Å². The molecule has 106 valence electrons. The maximum absolute atomic E-state index is 5.20. The van der Waals surface area contributed by atoms with Gasteiger partial charge in [-0.2, -0.15) is 12.6 Å². The molecule has 0 radical (unpaired) electrons. The summed E-state index contributed by atoms with van der Waals surface area (Å²) in [5, 5.41) is 0. The maximum atomic E-state index is 5.20. The Morgan fingerprint density at radius 1 is 0.824 bits per heavy atom. The Morgan fingerprint density at radius 2 is 1.24 bits per heavy atom. The van der Waals surface area contributed by atoms with Gasteiger partial charge in [0, 0.05) is 27.4 Å². The zero-order chi connectivity index (χ0) is 13.6. The van der Waals surface area contributed by atoms with Gasteiger partial charge in [-0.3, -0.25) is 0 Å². The molecule has 0 unspecified atom stereocenters. The van der Waals surface area contributed by atoms with E-state index in [1.54, 1.807) is 21.3 Å². The Bertz CT molecular complexity index is 131. The van der Waals surface area contributed by atoms with Crippen molar-refractivity contribution >= 4 is 21.4 Å². The van der Waals surface area contributed by atoms with Crippen molar-refractivity contribution in [3.05, 3.63) is 0 Å². The normalized spacial score (nSPS) is 10.9. The van der Waals surface area contributed by atoms with Crippen LogP contribution in [-0.2, 0) is 13.3 Å². The third-order valence-corrected chi connectivity index (χ3v) is 5.68. The van der Waals surface area contributed by atoms with Gasteiger partial charge in [0.25, 0.3) is 0 Å². The van der Waals surface area contributed by atoms with Gasteiger partial charge in [0.2, 0.25) is 0 Å². The summed E-state index contributed by atoms with van der Waals surface area (Å²) in [6.45, 7) is 4.46. The lowest BCUT2D eigenvalue weighted by atomic mass is 10.2. The molecule has 0 N–H and O–H groups in total. The van der Waals surface area contributed by atoms with Crippen LogP contribution in [0.1, 0.15) is 46.0 Å². The first-order chi connectivity index (χ1) is 8.16. The third-order valence-electron chi connectivity index (χ3n) is 2.53. The molecule has 0 amide bonds. The smallest absolute Gasteiger partial charge is 0.377 e. The van der Waals surface area contributed by atoms with Crippen molar-refractivity contribution in [1.82, 2.24) is 0 Å². The van der Waals surface area contributed by atoms with Crippen molar-refractivity contribution < 1.29 is 13.3 Å². The molecule has 17 heavy (non-hydrogen) atoms. The average molecular weight is 283 g/mol. The molecule has 0 aromatic carbocycles. The minimum absolute atomic E-state index is 0.833. The highest BCUT2D eigenvalue weighted by Gasteiger charge is 2.36. The highest BCUT2D eigenvalue weighted by atomic mass is 32.1. The lowest BCUT2D eigenvalue weighted by Gasteiger charge is -2.23. The van der Waals surface area contributed by atoms with Gasteiger partial charge in [0.05, 0.1) is 0 Å². The molecule has 0 aliphatic carbocycles. The van der Waals surface area contributed by atoms with Crippen molar-refractivity contribution in [3.8, 4) is 0 Å². The van der Waals surface area contributed by atoms with Gasteiger partial charge in [0.15, 0.2) is 0 Å². The standard InChI is InChI=1S/C6H16O3SSi.C6H14/c1-7-11(8-2,9-3)6-4-5-10;1-3-5-6-4-2/h10H,4-6H2,1-3H3;3-6H2,1-2H3. The monoisotopic (exact) mass is 282 g/mol. The van der Waals surface area contributed by atoms with Gasteiger partial charge in [0.1, 0.15) is 0 Å². The van der Waals surface area contributed by atoms with E-state index in [4.69, 9.17) is 13.3 Å². The molecule has 0 saturated heterocycles. The first-order valence-electron chi connectivity index (χ1n) is 6.42. The predicted octanol–water partition coefficient (Wildman–Crippen LogP) is 3.77. The van der Waals surface area contributed by atoms with Gasteiger partial charge in [-0.1, -0.05) is 39.5 Å². The average Bonchev–Trinajstić information content (AvgIpc) is 2.39. The largest absolute Gasteiger partial charge is 0.500 e. The highest BCUT2D eigenvalue weighted by molar-refractivity contribution is 7.80. The summed E-state index contributed by atoms with van der Waals surface area (Å²) in [5.41, 5.74) is 0. The molecule has 0 bridgehead atoms. The molecule has 0 saturated carbocycles. The van der Waals surface area contributed by atoms with Gasteiger partial charge < -0.3 is 13.3 Å². The molecule has 0 aliphatic rings. The molecule has 0 aromatic rings.